The molecule has 0 atom stereocenters. The minimum atomic E-state index is -3.89. The van der Waals surface area contributed by atoms with Gasteiger partial charge in [0, 0.05) is 7.05 Å². The topological polar surface area (TPSA) is 102 Å². The molecule has 8 nitrogen and oxygen atoms in total. The number of methoxy groups -OCH3 is 2. The highest BCUT2D eigenvalue weighted by atomic mass is 32.2. The van der Waals surface area contributed by atoms with Crippen molar-refractivity contribution in [2.45, 2.75) is 0 Å². The maximum Gasteiger partial charge on any atom is 0.321 e. The first-order valence-electron chi connectivity index (χ1n) is 4.19. The number of carbonyl (C=O) groups excluding carboxylic acids is 2. The summed E-state index contributed by atoms with van der Waals surface area (Å²) in [6.07, 6.45) is 0. The van der Waals surface area contributed by atoms with Crippen molar-refractivity contribution in [1.82, 2.24) is 9.03 Å². The first-order valence-corrected chi connectivity index (χ1v) is 5.63. The van der Waals surface area contributed by atoms with Gasteiger partial charge in [-0.1, -0.05) is 0 Å². The second kappa shape index (κ2) is 6.40. The van der Waals surface area contributed by atoms with Crippen LogP contribution < -0.4 is 4.72 Å². The Labute approximate surface area is 93.7 Å². The van der Waals surface area contributed by atoms with E-state index >= 15 is 0 Å². The zero-order chi connectivity index (χ0) is 12.8. The summed E-state index contributed by atoms with van der Waals surface area (Å²) in [5, 5.41) is 0. The molecule has 0 spiro atoms. The summed E-state index contributed by atoms with van der Waals surface area (Å²) in [7, 11) is -0.494. The van der Waals surface area contributed by atoms with Gasteiger partial charge in [0.2, 0.25) is 0 Å². The highest BCUT2D eigenvalue weighted by Gasteiger charge is 2.26. The summed E-state index contributed by atoms with van der Waals surface area (Å²) in [4.78, 5) is 21.9. The summed E-state index contributed by atoms with van der Waals surface area (Å²) < 4.78 is 34.0. The van der Waals surface area contributed by atoms with Crippen molar-refractivity contribution in [3.05, 3.63) is 0 Å². The molecular weight excluding hydrogens is 240 g/mol. The lowest BCUT2D eigenvalue weighted by Gasteiger charge is -2.18. The first kappa shape index (κ1) is 14.8. The van der Waals surface area contributed by atoms with Gasteiger partial charge in [0.25, 0.3) is 10.2 Å². The van der Waals surface area contributed by atoms with E-state index < -0.39 is 35.2 Å². The van der Waals surface area contributed by atoms with Gasteiger partial charge in [-0.25, -0.2) is 4.72 Å². The number of hydrogen-bond acceptors (Lipinski definition) is 6. The quantitative estimate of drug-likeness (QED) is 0.555. The molecule has 0 aromatic rings. The minimum Gasteiger partial charge on any atom is -0.468 e. The second-order valence-electron chi connectivity index (χ2n) is 2.63. The standard InChI is InChI=1S/C7H14N2O6S/c1-8-16(12,13)9(4-6(10)14-2)5-7(11)15-3/h8H,4-5H2,1-3H3. The summed E-state index contributed by atoms with van der Waals surface area (Å²) >= 11 is 0. The Balaban J connectivity index is 4.77. The Morgan fingerprint density at radius 3 is 1.75 bits per heavy atom. The van der Waals surface area contributed by atoms with E-state index in [4.69, 9.17) is 0 Å². The van der Waals surface area contributed by atoms with E-state index in [0.29, 0.717) is 4.31 Å². The van der Waals surface area contributed by atoms with Crippen LogP contribution in [0.4, 0.5) is 0 Å². The van der Waals surface area contributed by atoms with Gasteiger partial charge in [-0.15, -0.1) is 0 Å². The molecule has 0 saturated heterocycles. The molecular formula is C7H14N2O6S. The van der Waals surface area contributed by atoms with Crippen LogP contribution in [0.15, 0.2) is 0 Å². The lowest BCUT2D eigenvalue weighted by atomic mass is 10.6. The summed E-state index contributed by atoms with van der Waals surface area (Å²) in [5.41, 5.74) is 0. The van der Waals surface area contributed by atoms with Crippen LogP contribution in [-0.2, 0) is 29.3 Å². The molecule has 0 radical (unpaired) electrons. The van der Waals surface area contributed by atoms with Crippen LogP contribution >= 0.6 is 0 Å². The van der Waals surface area contributed by atoms with Gasteiger partial charge < -0.3 is 9.47 Å². The lowest BCUT2D eigenvalue weighted by molar-refractivity contribution is -0.143. The average Bonchev–Trinajstić information content (AvgIpc) is 2.27. The van der Waals surface area contributed by atoms with Crippen molar-refractivity contribution in [3.63, 3.8) is 0 Å². The zero-order valence-corrected chi connectivity index (χ0v) is 10.0. The van der Waals surface area contributed by atoms with E-state index in [1.807, 2.05) is 4.72 Å². The van der Waals surface area contributed by atoms with Crippen molar-refractivity contribution in [2.24, 2.45) is 0 Å². The highest BCUT2D eigenvalue weighted by molar-refractivity contribution is 7.87. The van der Waals surface area contributed by atoms with Gasteiger partial charge in [-0.05, 0) is 0 Å². The molecule has 0 fully saturated rings. The molecule has 9 heteroatoms. The molecule has 0 unspecified atom stereocenters. The van der Waals surface area contributed by atoms with E-state index in [2.05, 4.69) is 9.47 Å². The van der Waals surface area contributed by atoms with Crippen molar-refractivity contribution >= 4 is 22.1 Å². The maximum absolute atomic E-state index is 11.4. The number of esters is 2. The lowest BCUT2D eigenvalue weighted by Crippen LogP contribution is -2.45. The minimum absolute atomic E-state index is 0.561. The molecule has 0 aliphatic rings. The molecule has 0 rings (SSSR count). The second-order valence-corrected chi connectivity index (χ2v) is 4.50. The average molecular weight is 254 g/mol. The van der Waals surface area contributed by atoms with Crippen molar-refractivity contribution in [1.29, 1.82) is 0 Å². The predicted octanol–water partition coefficient (Wildman–Crippen LogP) is -1.90. The van der Waals surface area contributed by atoms with Gasteiger partial charge in [-0.2, -0.15) is 12.7 Å². The van der Waals surface area contributed by atoms with E-state index in [-0.39, 0.29) is 0 Å². The third-order valence-corrected chi connectivity index (χ3v) is 3.12. The highest BCUT2D eigenvalue weighted by Crippen LogP contribution is 1.98. The van der Waals surface area contributed by atoms with Gasteiger partial charge in [0.05, 0.1) is 14.2 Å². The van der Waals surface area contributed by atoms with Crippen molar-refractivity contribution in [2.75, 3.05) is 34.4 Å². The monoisotopic (exact) mass is 254 g/mol. The van der Waals surface area contributed by atoms with E-state index in [1.54, 1.807) is 0 Å². The number of hydrogen-bond donors (Lipinski definition) is 1. The van der Waals surface area contributed by atoms with Gasteiger partial charge in [0.1, 0.15) is 13.1 Å². The number of carbonyl (C=O) groups is 2. The third-order valence-electron chi connectivity index (χ3n) is 1.66. The molecule has 0 heterocycles. The summed E-state index contributed by atoms with van der Waals surface area (Å²) in [5.74, 6) is -1.55. The Kier molecular flexibility index (Phi) is 5.93. The molecule has 0 amide bonds. The molecule has 1 N–H and O–H groups in total. The number of ether oxygens (including phenoxy) is 2. The van der Waals surface area contributed by atoms with Crippen LogP contribution in [0.1, 0.15) is 0 Å². The van der Waals surface area contributed by atoms with Crippen LogP contribution in [0.25, 0.3) is 0 Å². The first-order chi connectivity index (χ1) is 7.37. The number of rotatable bonds is 6. The zero-order valence-electron chi connectivity index (χ0n) is 9.22. The van der Waals surface area contributed by atoms with Crippen LogP contribution in [0.5, 0.6) is 0 Å². The van der Waals surface area contributed by atoms with E-state index in [0.717, 1.165) is 21.3 Å². The predicted molar refractivity (Wildman–Crippen MR) is 53.6 cm³/mol. The van der Waals surface area contributed by atoms with E-state index in [9.17, 15) is 18.0 Å². The molecule has 16 heavy (non-hydrogen) atoms. The normalized spacial score (nSPS) is 11.2. The third kappa shape index (κ3) is 4.55. The Morgan fingerprint density at radius 1 is 1.12 bits per heavy atom. The summed E-state index contributed by atoms with van der Waals surface area (Å²) in [6.45, 7) is -1.12. The molecule has 0 bridgehead atoms. The number of nitrogens with one attached hydrogen (secondary N) is 1. The fourth-order valence-corrected chi connectivity index (χ4v) is 1.58. The van der Waals surface area contributed by atoms with Gasteiger partial charge in [-0.3, -0.25) is 9.59 Å². The van der Waals surface area contributed by atoms with E-state index in [1.165, 1.54) is 0 Å². The molecule has 94 valence electrons. The van der Waals surface area contributed by atoms with Gasteiger partial charge in [0.15, 0.2) is 0 Å². The fourth-order valence-electron chi connectivity index (χ4n) is 0.772. The Morgan fingerprint density at radius 2 is 1.50 bits per heavy atom. The Hall–Kier alpha value is -1.19. The molecule has 0 aromatic heterocycles. The molecule has 0 aromatic carbocycles. The van der Waals surface area contributed by atoms with Crippen LogP contribution in [0.3, 0.4) is 0 Å². The van der Waals surface area contributed by atoms with Crippen molar-refractivity contribution < 1.29 is 27.5 Å². The molecule has 0 saturated carbocycles. The molecule has 0 aliphatic heterocycles. The van der Waals surface area contributed by atoms with Crippen LogP contribution in [-0.4, -0.2) is 59.0 Å². The number of nitrogens with zero attached hydrogens (tertiary/aromatic N) is 1. The smallest absolute Gasteiger partial charge is 0.321 e. The van der Waals surface area contributed by atoms with Crippen LogP contribution in [0.2, 0.25) is 0 Å². The van der Waals surface area contributed by atoms with Crippen LogP contribution in [0, 0.1) is 0 Å². The maximum atomic E-state index is 11.4. The van der Waals surface area contributed by atoms with Crippen molar-refractivity contribution in [3.8, 4) is 0 Å². The van der Waals surface area contributed by atoms with Gasteiger partial charge >= 0.3 is 11.9 Å². The SMILES string of the molecule is CNS(=O)(=O)N(CC(=O)OC)CC(=O)OC. The molecule has 0 aliphatic carbocycles. The Bertz CT molecular complexity index is 334. The fraction of sp³-hybridized carbons (Fsp3) is 0.714. The summed E-state index contributed by atoms with van der Waals surface area (Å²) in [6, 6.07) is 0. The largest absolute Gasteiger partial charge is 0.468 e.